The van der Waals surface area contributed by atoms with E-state index >= 15 is 0 Å². The van der Waals surface area contributed by atoms with Gasteiger partial charge in [0.1, 0.15) is 11.9 Å². The van der Waals surface area contributed by atoms with Crippen molar-refractivity contribution in [2.24, 2.45) is 0 Å². The van der Waals surface area contributed by atoms with Crippen molar-refractivity contribution in [2.45, 2.75) is 25.9 Å². The summed E-state index contributed by atoms with van der Waals surface area (Å²) in [5.74, 6) is -0.841. The molecule has 0 aliphatic carbocycles. The van der Waals surface area contributed by atoms with E-state index in [1.165, 1.54) is 17.0 Å². The molecule has 1 aliphatic heterocycles. The molecule has 22 heavy (non-hydrogen) atoms. The van der Waals surface area contributed by atoms with Crippen molar-refractivity contribution in [3.63, 3.8) is 0 Å². The van der Waals surface area contributed by atoms with Crippen LogP contribution in [0.1, 0.15) is 25.5 Å². The highest BCUT2D eigenvalue weighted by molar-refractivity contribution is 6.35. The minimum absolute atomic E-state index is 0.0428. The minimum Gasteiger partial charge on any atom is -0.336 e. The highest BCUT2D eigenvalue weighted by Crippen LogP contribution is 2.27. The molecule has 0 spiro atoms. The van der Waals surface area contributed by atoms with Gasteiger partial charge in [-0.15, -0.1) is 0 Å². The van der Waals surface area contributed by atoms with Gasteiger partial charge in [-0.2, -0.15) is 0 Å². The fourth-order valence-electron chi connectivity index (χ4n) is 2.43. The van der Waals surface area contributed by atoms with Crippen molar-refractivity contribution in [1.82, 2.24) is 10.2 Å². The van der Waals surface area contributed by atoms with Crippen LogP contribution in [0.15, 0.2) is 12.1 Å². The maximum Gasteiger partial charge on any atom is 0.324 e. The first-order chi connectivity index (χ1) is 10.3. The number of hydrogen-bond donors (Lipinski definition) is 2. The van der Waals surface area contributed by atoms with E-state index in [1.807, 2.05) is 6.92 Å². The van der Waals surface area contributed by atoms with E-state index in [0.29, 0.717) is 23.7 Å². The number of benzene rings is 1. The Bertz CT molecular complexity index is 612. The minimum atomic E-state index is -0.556. The number of rotatable bonds is 4. The van der Waals surface area contributed by atoms with Gasteiger partial charge in [0.15, 0.2) is 6.04 Å². The summed E-state index contributed by atoms with van der Waals surface area (Å²) in [5.41, 5.74) is 0.550. The van der Waals surface area contributed by atoms with Gasteiger partial charge in [-0.05, 0) is 26.0 Å². The molecule has 1 saturated heterocycles. The molecule has 1 fully saturated rings. The molecule has 3 N–H and O–H groups in total. The Hall–Kier alpha value is -1.37. The zero-order valence-corrected chi connectivity index (χ0v) is 13.7. The smallest absolute Gasteiger partial charge is 0.324 e. The Labute approximate surface area is 137 Å². The molecule has 5 nitrogen and oxygen atoms in total. The Kier molecular flexibility index (Phi) is 5.26. The van der Waals surface area contributed by atoms with Gasteiger partial charge in [-0.3, -0.25) is 9.69 Å². The number of quaternary nitrogens is 1. The third-order valence-electron chi connectivity index (χ3n) is 3.62. The van der Waals surface area contributed by atoms with Crippen molar-refractivity contribution in [3.8, 4) is 0 Å². The molecule has 0 radical (unpaired) electrons. The summed E-state index contributed by atoms with van der Waals surface area (Å²) in [6, 6.07) is 1.48. The molecule has 0 aromatic heterocycles. The van der Waals surface area contributed by atoms with Crippen LogP contribution in [-0.2, 0) is 4.79 Å². The molecule has 1 aromatic rings. The van der Waals surface area contributed by atoms with E-state index in [9.17, 15) is 14.0 Å². The zero-order valence-electron chi connectivity index (χ0n) is 12.2. The maximum atomic E-state index is 13.6. The molecule has 0 saturated carbocycles. The van der Waals surface area contributed by atoms with Crippen molar-refractivity contribution in [2.75, 3.05) is 13.1 Å². The lowest BCUT2D eigenvalue weighted by Crippen LogP contribution is -2.92. The summed E-state index contributed by atoms with van der Waals surface area (Å²) in [6.07, 6.45) is 0. The number of nitrogens with zero attached hydrogens (tertiary/aromatic N) is 1. The number of hydrogen-bond acceptors (Lipinski definition) is 2. The van der Waals surface area contributed by atoms with Crippen LogP contribution in [0.25, 0.3) is 0 Å². The van der Waals surface area contributed by atoms with Crippen LogP contribution in [0.2, 0.25) is 10.0 Å². The van der Waals surface area contributed by atoms with Gasteiger partial charge in [-0.25, -0.2) is 9.18 Å². The highest BCUT2D eigenvalue weighted by Gasteiger charge is 2.32. The zero-order chi connectivity index (χ0) is 16.4. The van der Waals surface area contributed by atoms with Crippen molar-refractivity contribution >= 4 is 35.1 Å². The topological polar surface area (TPSA) is 66.0 Å². The molecule has 2 rings (SSSR count). The van der Waals surface area contributed by atoms with E-state index < -0.39 is 11.9 Å². The van der Waals surface area contributed by atoms with E-state index in [-0.39, 0.29) is 23.0 Å². The number of nitrogens with one attached hydrogen (secondary N) is 1. The van der Waals surface area contributed by atoms with Crippen LogP contribution in [-0.4, -0.2) is 36.0 Å². The predicted molar refractivity (Wildman–Crippen MR) is 81.3 cm³/mol. The fourth-order valence-corrected chi connectivity index (χ4v) is 2.99. The first kappa shape index (κ1) is 17.0. The molecule has 2 atom stereocenters. The van der Waals surface area contributed by atoms with Crippen LogP contribution < -0.4 is 10.6 Å². The lowest BCUT2D eigenvalue weighted by Gasteiger charge is -2.20. The van der Waals surface area contributed by atoms with E-state index in [1.54, 1.807) is 12.2 Å². The second kappa shape index (κ2) is 6.81. The number of amides is 3. The van der Waals surface area contributed by atoms with Gasteiger partial charge in [0.2, 0.25) is 0 Å². The molecule has 0 bridgehead atoms. The normalized spacial score (nSPS) is 17.3. The van der Waals surface area contributed by atoms with E-state index in [0.717, 1.165) is 0 Å². The Balaban J connectivity index is 2.08. The maximum absolute atomic E-state index is 13.6. The summed E-state index contributed by atoms with van der Waals surface area (Å²) in [6.45, 7) is 4.33. The van der Waals surface area contributed by atoms with Gasteiger partial charge in [0.25, 0.3) is 5.91 Å². The third-order valence-corrected chi connectivity index (χ3v) is 4.24. The monoisotopic (exact) mass is 348 g/mol. The van der Waals surface area contributed by atoms with Crippen LogP contribution >= 0.6 is 23.2 Å². The Morgan fingerprint density at radius 1 is 1.36 bits per heavy atom. The first-order valence-corrected chi connectivity index (χ1v) is 7.65. The molecule has 3 amide bonds. The summed E-state index contributed by atoms with van der Waals surface area (Å²) < 4.78 is 13.6. The Morgan fingerprint density at radius 3 is 2.64 bits per heavy atom. The van der Waals surface area contributed by atoms with E-state index in [2.05, 4.69) is 5.32 Å². The average Bonchev–Trinajstić information content (AvgIpc) is 2.87. The van der Waals surface area contributed by atoms with Crippen LogP contribution in [0.5, 0.6) is 0 Å². The van der Waals surface area contributed by atoms with Crippen LogP contribution in [0, 0.1) is 5.82 Å². The quantitative estimate of drug-likeness (QED) is 0.813. The Morgan fingerprint density at radius 2 is 2.05 bits per heavy atom. The van der Waals surface area contributed by atoms with E-state index in [4.69, 9.17) is 23.2 Å². The van der Waals surface area contributed by atoms with Gasteiger partial charge in [0, 0.05) is 18.7 Å². The summed E-state index contributed by atoms with van der Waals surface area (Å²) in [7, 11) is 0. The molecule has 0 unspecified atom stereocenters. The standard InChI is InChI=1S/C14H16Cl2FN3O2/c1-7(9-5-12(17)11(16)6-10(9)15)19-8(2)13(21)20-4-3-18-14(20)22/h5-8,19H,3-4H2,1-2H3,(H,18,22)/p+1/t7-,8-/m0/s1. The lowest BCUT2D eigenvalue weighted by molar-refractivity contribution is -0.710. The molecule has 1 aliphatic rings. The average molecular weight is 349 g/mol. The summed E-state index contributed by atoms with van der Waals surface area (Å²) in [5, 5.41) is 4.62. The molecular formula is C14H17Cl2FN3O2+. The number of halogens is 3. The van der Waals surface area contributed by atoms with Gasteiger partial charge >= 0.3 is 6.03 Å². The predicted octanol–water partition coefficient (Wildman–Crippen LogP) is 1.70. The molecule has 1 aromatic carbocycles. The molecular weight excluding hydrogens is 332 g/mol. The number of carbonyl (C=O) groups excluding carboxylic acids is 2. The van der Waals surface area contributed by atoms with Crippen LogP contribution in [0.3, 0.4) is 0 Å². The van der Waals surface area contributed by atoms with Crippen molar-refractivity contribution in [1.29, 1.82) is 0 Å². The third kappa shape index (κ3) is 3.51. The number of imide groups is 1. The largest absolute Gasteiger partial charge is 0.336 e. The molecule has 120 valence electrons. The van der Waals surface area contributed by atoms with Gasteiger partial charge < -0.3 is 10.6 Å². The summed E-state index contributed by atoms with van der Waals surface area (Å²) >= 11 is 11.8. The highest BCUT2D eigenvalue weighted by atomic mass is 35.5. The lowest BCUT2D eigenvalue weighted by atomic mass is 10.1. The summed E-state index contributed by atoms with van der Waals surface area (Å²) in [4.78, 5) is 24.9. The fraction of sp³-hybridized carbons (Fsp3) is 0.429. The SMILES string of the molecule is C[C@H]([NH2+][C@@H](C)c1cc(F)c(Cl)cc1Cl)C(=O)N1CCNC1=O. The number of carbonyl (C=O) groups is 2. The number of urea groups is 1. The van der Waals surface area contributed by atoms with Crippen molar-refractivity contribution in [3.05, 3.63) is 33.6 Å². The second-order valence-electron chi connectivity index (χ2n) is 5.28. The van der Waals surface area contributed by atoms with Crippen molar-refractivity contribution < 1.29 is 19.3 Å². The first-order valence-electron chi connectivity index (χ1n) is 6.90. The molecule has 1 heterocycles. The van der Waals surface area contributed by atoms with Crippen LogP contribution in [0.4, 0.5) is 9.18 Å². The van der Waals surface area contributed by atoms with Gasteiger partial charge in [0.05, 0.1) is 10.0 Å². The number of nitrogens with two attached hydrogens (primary N) is 1. The molecule has 8 heteroatoms. The van der Waals surface area contributed by atoms with Gasteiger partial charge in [-0.1, -0.05) is 23.2 Å². The second-order valence-corrected chi connectivity index (χ2v) is 6.09.